The zero-order valence-electron chi connectivity index (χ0n) is 17.3. The first-order chi connectivity index (χ1) is 14.3. The highest BCUT2D eigenvalue weighted by molar-refractivity contribution is 8.13. The summed E-state index contributed by atoms with van der Waals surface area (Å²) in [5.74, 6) is -1.18. The molecule has 3 atom stereocenters. The van der Waals surface area contributed by atoms with Gasteiger partial charge in [-0.25, -0.2) is 4.79 Å². The van der Waals surface area contributed by atoms with Gasteiger partial charge in [-0.15, -0.1) is 0 Å². The first-order valence-electron chi connectivity index (χ1n) is 9.71. The Morgan fingerprint density at radius 3 is 2.27 bits per heavy atom. The topological polar surface area (TPSA) is 92.7 Å². The summed E-state index contributed by atoms with van der Waals surface area (Å²) in [5.41, 5.74) is 1.72. The molecule has 0 heterocycles. The van der Waals surface area contributed by atoms with Gasteiger partial charge in [0.05, 0.1) is 5.92 Å². The molecule has 0 spiro atoms. The Bertz CT molecular complexity index is 854. The number of aromatic hydroxyl groups is 1. The maximum Gasteiger partial charge on any atom is 0.328 e. The number of nitrogens with one attached hydrogen (secondary N) is 1. The normalized spacial score (nSPS) is 13.7. The van der Waals surface area contributed by atoms with Crippen molar-refractivity contribution in [3.63, 3.8) is 0 Å². The van der Waals surface area contributed by atoms with Crippen LogP contribution in [0.5, 0.6) is 5.75 Å². The fraction of sp³-hybridized carbons (Fsp3) is 0.348. The van der Waals surface area contributed by atoms with Gasteiger partial charge in [-0.3, -0.25) is 9.59 Å². The second-order valence-electron chi connectivity index (χ2n) is 7.11. The standard InChI is InChI=1S/C23H27NO5S/c1-15(19-9-11-20(26)12-10-19)21(14-30-17(3)25)22(27)24-16(2)23(28)29-13-18-7-5-4-6-8-18/h4-12,15-16,21,26H,13-14H2,1-3H3,(H,24,27)/t15?,16-,21?/m0/s1. The molecule has 2 rings (SSSR count). The molecule has 0 aromatic heterocycles. The Kier molecular flexibility index (Phi) is 8.92. The molecule has 160 valence electrons. The molecule has 2 N–H and O–H groups in total. The van der Waals surface area contributed by atoms with E-state index >= 15 is 0 Å². The molecule has 7 heteroatoms. The Hall–Kier alpha value is -2.80. The molecular formula is C23H27NO5S. The summed E-state index contributed by atoms with van der Waals surface area (Å²) >= 11 is 1.07. The Labute approximate surface area is 181 Å². The maximum absolute atomic E-state index is 12.9. The quantitative estimate of drug-likeness (QED) is 0.591. The summed E-state index contributed by atoms with van der Waals surface area (Å²) in [6, 6.07) is 15.1. The molecule has 0 aliphatic rings. The average molecular weight is 430 g/mol. The van der Waals surface area contributed by atoms with Crippen molar-refractivity contribution < 1.29 is 24.2 Å². The van der Waals surface area contributed by atoms with Crippen LogP contribution in [0.3, 0.4) is 0 Å². The molecule has 0 bridgehead atoms. The van der Waals surface area contributed by atoms with Crippen molar-refractivity contribution in [1.29, 1.82) is 0 Å². The zero-order chi connectivity index (χ0) is 22.1. The van der Waals surface area contributed by atoms with Crippen molar-refractivity contribution in [2.45, 2.75) is 39.3 Å². The average Bonchev–Trinajstić information content (AvgIpc) is 2.73. The van der Waals surface area contributed by atoms with E-state index in [4.69, 9.17) is 4.74 Å². The molecule has 0 fully saturated rings. The van der Waals surface area contributed by atoms with Crippen LogP contribution in [0.15, 0.2) is 54.6 Å². The molecule has 2 aromatic rings. The van der Waals surface area contributed by atoms with Gasteiger partial charge in [0.2, 0.25) is 5.91 Å². The maximum atomic E-state index is 12.9. The van der Waals surface area contributed by atoms with E-state index < -0.39 is 17.9 Å². The number of benzene rings is 2. The lowest BCUT2D eigenvalue weighted by atomic mass is 9.88. The Morgan fingerprint density at radius 1 is 1.03 bits per heavy atom. The highest BCUT2D eigenvalue weighted by atomic mass is 32.2. The van der Waals surface area contributed by atoms with Crippen LogP contribution in [0.1, 0.15) is 37.8 Å². The van der Waals surface area contributed by atoms with Crippen LogP contribution in [0.25, 0.3) is 0 Å². The van der Waals surface area contributed by atoms with E-state index in [0.29, 0.717) is 0 Å². The summed E-state index contributed by atoms with van der Waals surface area (Å²) in [4.78, 5) is 36.7. The van der Waals surface area contributed by atoms with E-state index in [2.05, 4.69) is 5.32 Å². The van der Waals surface area contributed by atoms with Gasteiger partial charge in [0.1, 0.15) is 18.4 Å². The second kappa shape index (κ2) is 11.4. The minimum absolute atomic E-state index is 0.0824. The predicted octanol–water partition coefficient (Wildman–Crippen LogP) is 3.64. The number of hydrogen-bond donors (Lipinski definition) is 2. The summed E-state index contributed by atoms with van der Waals surface area (Å²) < 4.78 is 5.29. The van der Waals surface area contributed by atoms with E-state index in [1.54, 1.807) is 31.2 Å². The fourth-order valence-corrected chi connectivity index (χ4v) is 3.75. The number of phenolic OH excluding ortho intramolecular Hbond substituents is 1. The number of esters is 1. The van der Waals surface area contributed by atoms with Gasteiger partial charge in [0, 0.05) is 12.7 Å². The number of amides is 1. The third-order valence-electron chi connectivity index (χ3n) is 4.76. The molecule has 0 aliphatic heterocycles. The molecular weight excluding hydrogens is 402 g/mol. The van der Waals surface area contributed by atoms with Crippen LogP contribution in [0, 0.1) is 5.92 Å². The molecule has 2 unspecified atom stereocenters. The second-order valence-corrected chi connectivity index (χ2v) is 8.31. The number of hydrogen-bond acceptors (Lipinski definition) is 6. The van der Waals surface area contributed by atoms with Gasteiger partial charge in [-0.2, -0.15) is 0 Å². The fourth-order valence-electron chi connectivity index (χ4n) is 2.90. The SMILES string of the molecule is CC(=O)SCC(C(=O)N[C@@H](C)C(=O)OCc1ccccc1)C(C)c1ccc(O)cc1. The number of ether oxygens (including phenoxy) is 1. The van der Waals surface area contributed by atoms with E-state index in [-0.39, 0.29) is 35.0 Å². The largest absolute Gasteiger partial charge is 0.508 e. The zero-order valence-corrected chi connectivity index (χ0v) is 18.1. The lowest BCUT2D eigenvalue weighted by Gasteiger charge is -2.24. The van der Waals surface area contributed by atoms with Crippen LogP contribution >= 0.6 is 11.8 Å². The van der Waals surface area contributed by atoms with Gasteiger partial charge >= 0.3 is 5.97 Å². The third kappa shape index (κ3) is 7.22. The molecule has 0 radical (unpaired) electrons. The third-order valence-corrected chi connectivity index (χ3v) is 5.69. The highest BCUT2D eigenvalue weighted by Gasteiger charge is 2.29. The molecule has 6 nitrogen and oxygen atoms in total. The number of carbonyl (C=O) groups excluding carboxylic acids is 3. The van der Waals surface area contributed by atoms with Crippen molar-refractivity contribution >= 4 is 28.8 Å². The van der Waals surface area contributed by atoms with Crippen molar-refractivity contribution in [2.24, 2.45) is 5.92 Å². The summed E-state index contributed by atoms with van der Waals surface area (Å²) in [6.45, 7) is 5.04. The molecule has 0 saturated carbocycles. The van der Waals surface area contributed by atoms with Crippen molar-refractivity contribution in [2.75, 3.05) is 5.75 Å². The number of thioether (sulfide) groups is 1. The van der Waals surface area contributed by atoms with Crippen LogP contribution < -0.4 is 5.32 Å². The summed E-state index contributed by atoms with van der Waals surface area (Å²) in [6.07, 6.45) is 0. The lowest BCUT2D eigenvalue weighted by Crippen LogP contribution is -2.44. The first kappa shape index (κ1) is 23.5. The van der Waals surface area contributed by atoms with Crippen molar-refractivity contribution in [3.05, 3.63) is 65.7 Å². The van der Waals surface area contributed by atoms with Gasteiger partial charge in [0.25, 0.3) is 0 Å². The summed E-state index contributed by atoms with van der Waals surface area (Å²) in [5, 5.41) is 12.1. The van der Waals surface area contributed by atoms with E-state index in [1.165, 1.54) is 6.92 Å². The smallest absolute Gasteiger partial charge is 0.328 e. The van der Waals surface area contributed by atoms with Crippen molar-refractivity contribution in [3.8, 4) is 5.75 Å². The van der Waals surface area contributed by atoms with E-state index in [1.807, 2.05) is 37.3 Å². The van der Waals surface area contributed by atoms with Gasteiger partial charge in [0.15, 0.2) is 5.12 Å². The Morgan fingerprint density at radius 2 is 1.67 bits per heavy atom. The van der Waals surface area contributed by atoms with Gasteiger partial charge < -0.3 is 15.2 Å². The van der Waals surface area contributed by atoms with Crippen LogP contribution in [0.4, 0.5) is 0 Å². The summed E-state index contributed by atoms with van der Waals surface area (Å²) in [7, 11) is 0. The lowest BCUT2D eigenvalue weighted by molar-refractivity contribution is -0.149. The monoisotopic (exact) mass is 429 g/mol. The molecule has 2 aromatic carbocycles. The number of carbonyl (C=O) groups is 3. The van der Waals surface area contributed by atoms with Crippen LogP contribution in [-0.4, -0.2) is 33.9 Å². The van der Waals surface area contributed by atoms with E-state index in [9.17, 15) is 19.5 Å². The first-order valence-corrected chi connectivity index (χ1v) is 10.7. The Balaban J connectivity index is 2.02. The molecule has 0 saturated heterocycles. The predicted molar refractivity (Wildman–Crippen MR) is 117 cm³/mol. The minimum Gasteiger partial charge on any atom is -0.508 e. The van der Waals surface area contributed by atoms with Gasteiger partial charge in [-0.1, -0.05) is 61.2 Å². The van der Waals surface area contributed by atoms with Gasteiger partial charge in [-0.05, 0) is 36.1 Å². The molecule has 0 aliphatic carbocycles. The highest BCUT2D eigenvalue weighted by Crippen LogP contribution is 2.29. The van der Waals surface area contributed by atoms with Crippen LogP contribution in [0.2, 0.25) is 0 Å². The minimum atomic E-state index is -0.821. The number of rotatable bonds is 9. The molecule has 30 heavy (non-hydrogen) atoms. The molecule has 1 amide bonds. The number of phenols is 1. The van der Waals surface area contributed by atoms with E-state index in [0.717, 1.165) is 22.9 Å². The van der Waals surface area contributed by atoms with Crippen LogP contribution in [-0.2, 0) is 25.7 Å². The van der Waals surface area contributed by atoms with Crippen molar-refractivity contribution in [1.82, 2.24) is 5.32 Å².